The van der Waals surface area contributed by atoms with E-state index in [-0.39, 0.29) is 11.5 Å². The maximum Gasteiger partial charge on any atom is 0.337 e. The van der Waals surface area contributed by atoms with Crippen molar-refractivity contribution in [2.45, 2.75) is 33.6 Å². The van der Waals surface area contributed by atoms with Crippen LogP contribution in [0.25, 0.3) is 0 Å². The SMILES string of the molecule is Cc1ccc(NC(=O)CCc2ccc(C)c(C)c2)c(C(=O)O)c1. The Bertz CT molecular complexity index is 750. The van der Waals surface area contributed by atoms with Gasteiger partial charge in [-0.05, 0) is 56.0 Å². The number of anilines is 1. The van der Waals surface area contributed by atoms with Gasteiger partial charge in [0.2, 0.25) is 5.91 Å². The monoisotopic (exact) mass is 311 g/mol. The van der Waals surface area contributed by atoms with Crippen LogP contribution in [-0.2, 0) is 11.2 Å². The lowest BCUT2D eigenvalue weighted by Gasteiger charge is -2.10. The van der Waals surface area contributed by atoms with E-state index >= 15 is 0 Å². The predicted molar refractivity (Wildman–Crippen MR) is 91.0 cm³/mol. The molecule has 0 saturated carbocycles. The first kappa shape index (κ1) is 16.7. The minimum absolute atomic E-state index is 0.115. The molecule has 23 heavy (non-hydrogen) atoms. The maximum absolute atomic E-state index is 12.1. The summed E-state index contributed by atoms with van der Waals surface area (Å²) in [7, 11) is 0. The molecule has 4 heteroatoms. The summed E-state index contributed by atoms with van der Waals surface area (Å²) in [5.74, 6) is -1.23. The van der Waals surface area contributed by atoms with E-state index in [2.05, 4.69) is 18.3 Å². The Labute approximate surface area is 136 Å². The summed E-state index contributed by atoms with van der Waals surface area (Å²) in [5, 5.41) is 11.9. The molecule has 0 aromatic heterocycles. The molecule has 1 amide bonds. The van der Waals surface area contributed by atoms with Crippen molar-refractivity contribution in [1.82, 2.24) is 0 Å². The molecular formula is C19H21NO3. The lowest BCUT2D eigenvalue weighted by molar-refractivity contribution is -0.116. The van der Waals surface area contributed by atoms with Gasteiger partial charge in [-0.2, -0.15) is 0 Å². The zero-order valence-electron chi connectivity index (χ0n) is 13.6. The highest BCUT2D eigenvalue weighted by Gasteiger charge is 2.12. The van der Waals surface area contributed by atoms with Crippen LogP contribution in [0.4, 0.5) is 5.69 Å². The molecule has 0 heterocycles. The summed E-state index contributed by atoms with van der Waals surface area (Å²) in [6, 6.07) is 11.1. The van der Waals surface area contributed by atoms with E-state index in [1.165, 1.54) is 11.1 Å². The van der Waals surface area contributed by atoms with Crippen molar-refractivity contribution >= 4 is 17.6 Å². The van der Waals surface area contributed by atoms with E-state index < -0.39 is 5.97 Å². The number of aryl methyl sites for hydroxylation is 4. The van der Waals surface area contributed by atoms with Crippen LogP contribution in [0.15, 0.2) is 36.4 Å². The van der Waals surface area contributed by atoms with E-state index in [9.17, 15) is 14.7 Å². The topological polar surface area (TPSA) is 66.4 Å². The second-order valence-electron chi connectivity index (χ2n) is 5.82. The van der Waals surface area contributed by atoms with Crippen molar-refractivity contribution in [3.63, 3.8) is 0 Å². The van der Waals surface area contributed by atoms with Gasteiger partial charge in [0.15, 0.2) is 0 Å². The van der Waals surface area contributed by atoms with Gasteiger partial charge in [-0.15, -0.1) is 0 Å². The Morgan fingerprint density at radius 2 is 1.74 bits per heavy atom. The summed E-state index contributed by atoms with van der Waals surface area (Å²) in [4.78, 5) is 23.3. The molecule has 2 N–H and O–H groups in total. The molecule has 2 aromatic carbocycles. The quantitative estimate of drug-likeness (QED) is 0.880. The number of amides is 1. The predicted octanol–water partition coefficient (Wildman–Crippen LogP) is 3.88. The number of carbonyl (C=O) groups is 2. The average Bonchev–Trinajstić information content (AvgIpc) is 2.50. The molecule has 0 aliphatic heterocycles. The van der Waals surface area contributed by atoms with Gasteiger partial charge in [-0.1, -0.05) is 29.8 Å². The minimum Gasteiger partial charge on any atom is -0.478 e. The molecule has 0 atom stereocenters. The zero-order valence-corrected chi connectivity index (χ0v) is 13.6. The van der Waals surface area contributed by atoms with Gasteiger partial charge in [0, 0.05) is 6.42 Å². The summed E-state index contributed by atoms with van der Waals surface area (Å²) in [6.07, 6.45) is 0.941. The maximum atomic E-state index is 12.1. The van der Waals surface area contributed by atoms with E-state index in [4.69, 9.17) is 0 Å². The first-order valence-electron chi connectivity index (χ1n) is 7.57. The smallest absolute Gasteiger partial charge is 0.337 e. The molecule has 0 bridgehead atoms. The average molecular weight is 311 g/mol. The number of nitrogens with one attached hydrogen (secondary N) is 1. The van der Waals surface area contributed by atoms with Gasteiger partial charge in [0.05, 0.1) is 11.3 Å². The molecule has 0 aliphatic carbocycles. The Morgan fingerprint density at radius 3 is 2.39 bits per heavy atom. The van der Waals surface area contributed by atoms with Crippen molar-refractivity contribution in [3.8, 4) is 0 Å². The van der Waals surface area contributed by atoms with Crippen molar-refractivity contribution in [3.05, 3.63) is 64.2 Å². The molecule has 0 radical (unpaired) electrons. The van der Waals surface area contributed by atoms with Crippen molar-refractivity contribution in [1.29, 1.82) is 0 Å². The number of aromatic carboxylic acids is 1. The largest absolute Gasteiger partial charge is 0.478 e. The number of carboxylic acids is 1. The van der Waals surface area contributed by atoms with E-state index in [0.29, 0.717) is 18.5 Å². The number of benzene rings is 2. The first-order valence-corrected chi connectivity index (χ1v) is 7.57. The normalized spacial score (nSPS) is 10.4. The molecule has 0 spiro atoms. The number of hydrogen-bond donors (Lipinski definition) is 2. The third-order valence-corrected chi connectivity index (χ3v) is 3.89. The highest BCUT2D eigenvalue weighted by molar-refractivity contribution is 6.00. The lowest BCUT2D eigenvalue weighted by Crippen LogP contribution is -2.15. The van der Waals surface area contributed by atoms with Gasteiger partial charge in [-0.25, -0.2) is 4.79 Å². The number of carboxylic acid groups (broad SMARTS) is 1. The van der Waals surface area contributed by atoms with Gasteiger partial charge in [0.1, 0.15) is 0 Å². The molecule has 2 rings (SSSR count). The summed E-state index contributed by atoms with van der Waals surface area (Å²) in [5.41, 5.74) is 4.83. The molecule has 0 aliphatic rings. The van der Waals surface area contributed by atoms with Gasteiger partial charge in [-0.3, -0.25) is 4.79 Å². The van der Waals surface area contributed by atoms with Gasteiger partial charge in [0.25, 0.3) is 0 Å². The molecular weight excluding hydrogens is 290 g/mol. The highest BCUT2D eigenvalue weighted by atomic mass is 16.4. The zero-order chi connectivity index (χ0) is 17.0. The fraction of sp³-hybridized carbons (Fsp3) is 0.263. The summed E-state index contributed by atoms with van der Waals surface area (Å²) < 4.78 is 0. The summed E-state index contributed by atoms with van der Waals surface area (Å²) in [6.45, 7) is 5.92. The van der Waals surface area contributed by atoms with Crippen LogP contribution >= 0.6 is 0 Å². The summed E-state index contributed by atoms with van der Waals surface area (Å²) >= 11 is 0. The third-order valence-electron chi connectivity index (χ3n) is 3.89. The van der Waals surface area contributed by atoms with Crippen LogP contribution in [0.5, 0.6) is 0 Å². The first-order chi connectivity index (χ1) is 10.9. The number of rotatable bonds is 5. The van der Waals surface area contributed by atoms with Crippen LogP contribution in [-0.4, -0.2) is 17.0 Å². The van der Waals surface area contributed by atoms with E-state index in [1.54, 1.807) is 18.2 Å². The van der Waals surface area contributed by atoms with Crippen LogP contribution in [0.1, 0.15) is 39.0 Å². The Morgan fingerprint density at radius 1 is 1.00 bits per heavy atom. The molecule has 0 unspecified atom stereocenters. The van der Waals surface area contributed by atoms with Crippen LogP contribution in [0.2, 0.25) is 0 Å². The minimum atomic E-state index is -1.04. The molecule has 0 saturated heterocycles. The standard InChI is InChI=1S/C19H21NO3/c1-12-4-8-17(16(10-12)19(22)23)20-18(21)9-7-15-6-5-13(2)14(3)11-15/h4-6,8,10-11H,7,9H2,1-3H3,(H,20,21)(H,22,23). The molecule has 120 valence electrons. The van der Waals surface area contributed by atoms with Crippen molar-refractivity contribution in [2.75, 3.05) is 5.32 Å². The fourth-order valence-electron chi connectivity index (χ4n) is 2.37. The Balaban J connectivity index is 2.02. The van der Waals surface area contributed by atoms with Crippen molar-refractivity contribution in [2.24, 2.45) is 0 Å². The number of hydrogen-bond acceptors (Lipinski definition) is 2. The Hall–Kier alpha value is -2.62. The van der Waals surface area contributed by atoms with E-state index in [1.807, 2.05) is 26.0 Å². The Kier molecular flexibility index (Phi) is 5.16. The van der Waals surface area contributed by atoms with E-state index in [0.717, 1.165) is 11.1 Å². The van der Waals surface area contributed by atoms with Crippen LogP contribution < -0.4 is 5.32 Å². The second-order valence-corrected chi connectivity index (χ2v) is 5.82. The molecule has 2 aromatic rings. The molecule has 4 nitrogen and oxygen atoms in total. The third kappa shape index (κ3) is 4.42. The van der Waals surface area contributed by atoms with Crippen molar-refractivity contribution < 1.29 is 14.7 Å². The lowest BCUT2D eigenvalue weighted by atomic mass is 10.0. The fourth-order valence-corrected chi connectivity index (χ4v) is 2.37. The van der Waals surface area contributed by atoms with Gasteiger partial charge >= 0.3 is 5.97 Å². The molecule has 0 fully saturated rings. The van der Waals surface area contributed by atoms with Crippen LogP contribution in [0, 0.1) is 20.8 Å². The van der Waals surface area contributed by atoms with Crippen LogP contribution in [0.3, 0.4) is 0 Å². The second kappa shape index (κ2) is 7.09. The van der Waals surface area contributed by atoms with Gasteiger partial charge < -0.3 is 10.4 Å². The highest BCUT2D eigenvalue weighted by Crippen LogP contribution is 2.18. The number of carbonyl (C=O) groups excluding carboxylic acids is 1.